The van der Waals surface area contributed by atoms with Gasteiger partial charge in [-0.25, -0.2) is 0 Å². The third-order valence-electron chi connectivity index (χ3n) is 4.85. The first-order valence-electron chi connectivity index (χ1n) is 9.15. The quantitative estimate of drug-likeness (QED) is 0.708. The fourth-order valence-corrected chi connectivity index (χ4v) is 4.50. The number of hydrogen-bond acceptors (Lipinski definition) is 6. The summed E-state index contributed by atoms with van der Waals surface area (Å²) >= 11 is 1.17. The fraction of sp³-hybridized carbons (Fsp3) is 0.421. The fourth-order valence-electron chi connectivity index (χ4n) is 3.58. The zero-order valence-electron chi connectivity index (χ0n) is 16.0. The molecule has 1 N–H and O–H groups in total. The molecule has 3 aromatic rings. The maximum Gasteiger partial charge on any atom is 0.230 e. The monoisotopic (exact) mass is 403 g/mol. The number of carbonyl (C=O) groups is 1. The first kappa shape index (κ1) is 18.8. The van der Waals surface area contributed by atoms with Crippen LogP contribution < -0.4 is 10.1 Å². The number of aryl methyl sites for hydroxylation is 1. The number of rotatable bonds is 5. The molecule has 0 saturated carbocycles. The van der Waals surface area contributed by atoms with Crippen molar-refractivity contribution in [2.75, 3.05) is 11.9 Å². The second-order valence-corrected chi connectivity index (χ2v) is 8.25. The Morgan fingerprint density at radius 2 is 2.29 bits per heavy atom. The van der Waals surface area contributed by atoms with Crippen molar-refractivity contribution in [3.8, 4) is 5.75 Å². The van der Waals surface area contributed by atoms with E-state index in [0.29, 0.717) is 23.1 Å². The molecule has 0 spiro atoms. The van der Waals surface area contributed by atoms with Crippen LogP contribution in [0, 0.1) is 5.95 Å². The Morgan fingerprint density at radius 1 is 1.46 bits per heavy atom. The molecule has 1 aliphatic rings. The number of nitrogens with one attached hydrogen (secondary N) is 1. The molecular formula is C19H22FN5O2S. The highest BCUT2D eigenvalue weighted by Crippen LogP contribution is 2.31. The molecule has 0 bridgehead atoms. The van der Waals surface area contributed by atoms with E-state index in [2.05, 4.69) is 27.2 Å². The van der Waals surface area contributed by atoms with Gasteiger partial charge in [-0.2, -0.15) is 14.5 Å². The zero-order chi connectivity index (χ0) is 19.8. The number of aromatic nitrogens is 3. The maximum atomic E-state index is 14.1. The Morgan fingerprint density at radius 3 is 3.07 bits per heavy atom. The van der Waals surface area contributed by atoms with Crippen LogP contribution in [-0.4, -0.2) is 44.3 Å². The highest BCUT2D eigenvalue weighted by Gasteiger charge is 2.32. The molecule has 1 saturated heterocycles. The lowest BCUT2D eigenvalue weighted by atomic mass is 10.2. The van der Waals surface area contributed by atoms with Gasteiger partial charge in [0.2, 0.25) is 11.9 Å². The van der Waals surface area contributed by atoms with E-state index in [9.17, 15) is 9.18 Å². The Bertz CT molecular complexity index is 1020. The minimum absolute atomic E-state index is 0.00778. The van der Waals surface area contributed by atoms with Gasteiger partial charge in [0.1, 0.15) is 17.4 Å². The smallest absolute Gasteiger partial charge is 0.230 e. The number of benzene rings is 1. The summed E-state index contributed by atoms with van der Waals surface area (Å²) in [5.74, 6) is -0.00959. The van der Waals surface area contributed by atoms with Crippen molar-refractivity contribution in [3.05, 3.63) is 35.2 Å². The summed E-state index contributed by atoms with van der Waals surface area (Å²) in [5.41, 5.74) is 0.851. The molecule has 1 amide bonds. The second-order valence-electron chi connectivity index (χ2n) is 7.16. The lowest BCUT2D eigenvalue weighted by Crippen LogP contribution is -2.28. The topological polar surface area (TPSA) is 72.3 Å². The van der Waals surface area contributed by atoms with Gasteiger partial charge >= 0.3 is 0 Å². The Balaban J connectivity index is 1.45. The SMILES string of the molecule is CC(=O)Nc1nc(F)c(CN2C[C@H](Oc3cccc4cn(C)nc34)C[C@@H]2C)s1. The van der Waals surface area contributed by atoms with E-state index in [-0.39, 0.29) is 18.1 Å². The third-order valence-corrected chi connectivity index (χ3v) is 5.78. The van der Waals surface area contributed by atoms with Crippen molar-refractivity contribution in [3.63, 3.8) is 0 Å². The Kier molecular flexibility index (Phi) is 5.03. The van der Waals surface area contributed by atoms with Crippen molar-refractivity contribution in [2.45, 2.75) is 39.0 Å². The number of carbonyl (C=O) groups excluding carboxylic acids is 1. The first-order valence-corrected chi connectivity index (χ1v) is 9.96. The molecule has 4 rings (SSSR count). The molecule has 2 atom stereocenters. The highest BCUT2D eigenvalue weighted by molar-refractivity contribution is 7.15. The lowest BCUT2D eigenvalue weighted by Gasteiger charge is -2.19. The molecule has 1 aromatic carbocycles. The van der Waals surface area contributed by atoms with Gasteiger partial charge in [0.25, 0.3) is 0 Å². The van der Waals surface area contributed by atoms with Crippen molar-refractivity contribution >= 4 is 33.3 Å². The molecule has 148 valence electrons. The number of fused-ring (bicyclic) bond motifs is 1. The van der Waals surface area contributed by atoms with Crippen LogP contribution in [0.5, 0.6) is 5.75 Å². The minimum Gasteiger partial charge on any atom is -0.487 e. The number of ether oxygens (including phenoxy) is 1. The summed E-state index contributed by atoms with van der Waals surface area (Å²) in [6.07, 6.45) is 2.82. The summed E-state index contributed by atoms with van der Waals surface area (Å²) in [7, 11) is 1.89. The van der Waals surface area contributed by atoms with Gasteiger partial charge in [0.05, 0.1) is 4.88 Å². The van der Waals surface area contributed by atoms with Crippen molar-refractivity contribution in [1.82, 2.24) is 19.7 Å². The van der Waals surface area contributed by atoms with E-state index >= 15 is 0 Å². The van der Waals surface area contributed by atoms with E-state index in [1.165, 1.54) is 18.3 Å². The average molecular weight is 403 g/mol. The van der Waals surface area contributed by atoms with Gasteiger partial charge in [0, 0.05) is 51.1 Å². The van der Waals surface area contributed by atoms with Gasteiger partial charge in [-0.05, 0) is 13.0 Å². The number of nitrogens with zero attached hydrogens (tertiary/aromatic N) is 4. The molecule has 1 fully saturated rings. The number of anilines is 1. The lowest BCUT2D eigenvalue weighted by molar-refractivity contribution is -0.114. The summed E-state index contributed by atoms with van der Waals surface area (Å²) in [5, 5.41) is 8.36. The molecule has 0 radical (unpaired) electrons. The van der Waals surface area contributed by atoms with Crippen LogP contribution in [0.3, 0.4) is 0 Å². The maximum absolute atomic E-state index is 14.1. The Labute approximate surface area is 166 Å². The number of halogens is 1. The number of hydrogen-bond donors (Lipinski definition) is 1. The van der Waals surface area contributed by atoms with E-state index in [0.717, 1.165) is 23.1 Å². The van der Waals surface area contributed by atoms with Crippen molar-refractivity contribution in [1.29, 1.82) is 0 Å². The van der Waals surface area contributed by atoms with E-state index in [1.54, 1.807) is 4.68 Å². The van der Waals surface area contributed by atoms with Gasteiger partial charge in [0.15, 0.2) is 5.13 Å². The molecular weight excluding hydrogens is 381 g/mol. The molecule has 1 aliphatic heterocycles. The normalized spacial score (nSPS) is 20.0. The van der Waals surface area contributed by atoms with Gasteiger partial charge in [-0.1, -0.05) is 23.5 Å². The van der Waals surface area contributed by atoms with Crippen LogP contribution >= 0.6 is 11.3 Å². The molecule has 2 aromatic heterocycles. The predicted octanol–water partition coefficient (Wildman–Crippen LogP) is 3.17. The molecule has 0 unspecified atom stereocenters. The van der Waals surface area contributed by atoms with Crippen LogP contribution in [0.1, 0.15) is 25.1 Å². The van der Waals surface area contributed by atoms with Gasteiger partial charge in [-0.3, -0.25) is 14.4 Å². The van der Waals surface area contributed by atoms with E-state index in [1.807, 2.05) is 31.4 Å². The number of thiazole rings is 1. The largest absolute Gasteiger partial charge is 0.487 e. The minimum atomic E-state index is -0.524. The zero-order valence-corrected chi connectivity index (χ0v) is 16.8. The van der Waals surface area contributed by atoms with Gasteiger partial charge < -0.3 is 10.1 Å². The molecule has 28 heavy (non-hydrogen) atoms. The molecule has 0 aliphatic carbocycles. The summed E-state index contributed by atoms with van der Waals surface area (Å²) in [6.45, 7) is 4.62. The molecule has 9 heteroatoms. The number of likely N-dealkylation sites (tertiary alicyclic amines) is 1. The molecule has 3 heterocycles. The summed E-state index contributed by atoms with van der Waals surface area (Å²) in [6, 6.07) is 6.16. The predicted molar refractivity (Wildman–Crippen MR) is 106 cm³/mol. The molecule has 7 nitrogen and oxygen atoms in total. The van der Waals surface area contributed by atoms with Crippen LogP contribution in [-0.2, 0) is 18.4 Å². The Hall–Kier alpha value is -2.52. The third kappa shape index (κ3) is 3.85. The first-order chi connectivity index (χ1) is 13.4. The van der Waals surface area contributed by atoms with E-state index < -0.39 is 5.95 Å². The van der Waals surface area contributed by atoms with E-state index in [4.69, 9.17) is 4.74 Å². The summed E-state index contributed by atoms with van der Waals surface area (Å²) < 4.78 is 22.2. The number of amides is 1. The van der Waals surface area contributed by atoms with Crippen LogP contribution in [0.2, 0.25) is 0 Å². The van der Waals surface area contributed by atoms with Crippen molar-refractivity contribution < 1.29 is 13.9 Å². The average Bonchev–Trinajstić information content (AvgIpc) is 3.25. The van der Waals surface area contributed by atoms with Crippen LogP contribution in [0.4, 0.5) is 9.52 Å². The van der Waals surface area contributed by atoms with Crippen molar-refractivity contribution in [2.24, 2.45) is 7.05 Å². The van der Waals surface area contributed by atoms with Crippen LogP contribution in [0.15, 0.2) is 24.4 Å². The summed E-state index contributed by atoms with van der Waals surface area (Å²) in [4.78, 5) is 17.6. The van der Waals surface area contributed by atoms with Gasteiger partial charge in [-0.15, -0.1) is 0 Å². The standard InChI is InChI=1S/C19H22FN5O2S/c1-11-7-14(27-15-6-4-5-13-8-24(3)23-17(13)15)9-25(11)10-16-18(20)22-19(28-16)21-12(2)26/h4-6,8,11,14H,7,9-10H2,1-3H3,(H,21,22,26)/t11-,14+/m0/s1. The second kappa shape index (κ2) is 7.48. The highest BCUT2D eigenvalue weighted by atomic mass is 32.1. The van der Waals surface area contributed by atoms with Crippen LogP contribution in [0.25, 0.3) is 10.9 Å².